The standard InChI is InChI=1S/C17H18N4O/c1-2-7-16-15(6-1)19-17(22-16)21-11-9-20(10-12-21)13-14-5-3-4-8-18-14/h1-8H,9-13H2. The first-order valence-electron chi connectivity index (χ1n) is 7.61. The van der Waals surface area contributed by atoms with Crippen LogP contribution in [0.25, 0.3) is 11.1 Å². The number of pyridine rings is 1. The van der Waals surface area contributed by atoms with Gasteiger partial charge in [0.15, 0.2) is 5.58 Å². The van der Waals surface area contributed by atoms with Crippen LogP contribution in [0.15, 0.2) is 53.1 Å². The van der Waals surface area contributed by atoms with Gasteiger partial charge in [0.1, 0.15) is 5.52 Å². The molecule has 1 aliphatic heterocycles. The van der Waals surface area contributed by atoms with E-state index in [1.807, 2.05) is 42.6 Å². The summed E-state index contributed by atoms with van der Waals surface area (Å²) in [5, 5.41) is 0. The van der Waals surface area contributed by atoms with E-state index in [-0.39, 0.29) is 0 Å². The Morgan fingerprint density at radius 2 is 1.77 bits per heavy atom. The maximum Gasteiger partial charge on any atom is 0.298 e. The monoisotopic (exact) mass is 294 g/mol. The Bertz CT molecular complexity index is 714. The van der Waals surface area contributed by atoms with Crippen LogP contribution < -0.4 is 4.90 Å². The van der Waals surface area contributed by atoms with E-state index in [1.54, 1.807) is 0 Å². The highest BCUT2D eigenvalue weighted by Gasteiger charge is 2.21. The van der Waals surface area contributed by atoms with E-state index in [4.69, 9.17) is 4.42 Å². The van der Waals surface area contributed by atoms with Gasteiger partial charge in [-0.2, -0.15) is 4.98 Å². The van der Waals surface area contributed by atoms with Crippen LogP contribution in [0.4, 0.5) is 6.01 Å². The van der Waals surface area contributed by atoms with Gasteiger partial charge in [-0.05, 0) is 24.3 Å². The van der Waals surface area contributed by atoms with Crippen molar-refractivity contribution in [2.75, 3.05) is 31.1 Å². The van der Waals surface area contributed by atoms with Crippen molar-refractivity contribution in [2.24, 2.45) is 0 Å². The van der Waals surface area contributed by atoms with Crippen LogP contribution in [0.5, 0.6) is 0 Å². The minimum atomic E-state index is 0.735. The molecule has 3 heterocycles. The summed E-state index contributed by atoms with van der Waals surface area (Å²) in [5.74, 6) is 0. The zero-order valence-electron chi connectivity index (χ0n) is 12.4. The van der Waals surface area contributed by atoms with Gasteiger partial charge < -0.3 is 9.32 Å². The molecule has 0 radical (unpaired) electrons. The maximum atomic E-state index is 5.84. The zero-order chi connectivity index (χ0) is 14.8. The fourth-order valence-electron chi connectivity index (χ4n) is 2.81. The van der Waals surface area contributed by atoms with Crippen molar-refractivity contribution < 1.29 is 4.42 Å². The largest absolute Gasteiger partial charge is 0.423 e. The molecule has 3 aromatic rings. The molecule has 5 heteroatoms. The molecule has 0 saturated carbocycles. The van der Waals surface area contributed by atoms with Crippen LogP contribution >= 0.6 is 0 Å². The molecule has 0 spiro atoms. The number of oxazole rings is 1. The summed E-state index contributed by atoms with van der Waals surface area (Å²) in [4.78, 5) is 13.6. The number of aromatic nitrogens is 2. The molecule has 22 heavy (non-hydrogen) atoms. The van der Waals surface area contributed by atoms with E-state index < -0.39 is 0 Å². The Balaban J connectivity index is 1.41. The molecule has 0 amide bonds. The minimum absolute atomic E-state index is 0.735. The molecular weight excluding hydrogens is 276 g/mol. The average molecular weight is 294 g/mol. The number of anilines is 1. The quantitative estimate of drug-likeness (QED) is 0.743. The van der Waals surface area contributed by atoms with Gasteiger partial charge in [-0.15, -0.1) is 0 Å². The molecule has 0 unspecified atom stereocenters. The van der Waals surface area contributed by atoms with Crippen LogP contribution in [-0.4, -0.2) is 41.0 Å². The van der Waals surface area contributed by atoms with Gasteiger partial charge in [-0.1, -0.05) is 18.2 Å². The van der Waals surface area contributed by atoms with E-state index in [0.717, 1.165) is 55.5 Å². The van der Waals surface area contributed by atoms with Crippen LogP contribution in [0.1, 0.15) is 5.69 Å². The van der Waals surface area contributed by atoms with Crippen molar-refractivity contribution >= 4 is 17.1 Å². The third-order valence-electron chi connectivity index (χ3n) is 4.04. The number of hydrogen-bond acceptors (Lipinski definition) is 5. The minimum Gasteiger partial charge on any atom is -0.423 e. The first kappa shape index (κ1) is 13.3. The van der Waals surface area contributed by atoms with E-state index in [2.05, 4.69) is 25.8 Å². The molecule has 1 saturated heterocycles. The number of fused-ring (bicyclic) bond motifs is 1. The SMILES string of the molecule is c1ccc(CN2CCN(c3nc4ccccc4o3)CC2)nc1. The molecule has 0 N–H and O–H groups in total. The summed E-state index contributed by atoms with van der Waals surface area (Å²) in [5.41, 5.74) is 2.90. The van der Waals surface area contributed by atoms with E-state index in [1.165, 1.54) is 0 Å². The second kappa shape index (κ2) is 5.77. The average Bonchev–Trinajstić information content (AvgIpc) is 3.00. The smallest absolute Gasteiger partial charge is 0.298 e. The molecule has 0 aliphatic carbocycles. The fourth-order valence-corrected chi connectivity index (χ4v) is 2.81. The third kappa shape index (κ3) is 2.67. The Labute approximate surface area is 129 Å². The van der Waals surface area contributed by atoms with Gasteiger partial charge >= 0.3 is 0 Å². The van der Waals surface area contributed by atoms with Crippen LogP contribution in [0.2, 0.25) is 0 Å². The number of benzene rings is 1. The molecule has 0 atom stereocenters. The summed E-state index contributed by atoms with van der Waals surface area (Å²) in [6.45, 7) is 4.76. The lowest BCUT2D eigenvalue weighted by Crippen LogP contribution is -2.46. The van der Waals surface area contributed by atoms with E-state index in [0.29, 0.717) is 0 Å². The van der Waals surface area contributed by atoms with Crippen molar-refractivity contribution in [2.45, 2.75) is 6.54 Å². The van der Waals surface area contributed by atoms with Crippen LogP contribution in [0.3, 0.4) is 0 Å². The van der Waals surface area contributed by atoms with Crippen LogP contribution in [-0.2, 0) is 6.54 Å². The van der Waals surface area contributed by atoms with Gasteiger partial charge in [0.2, 0.25) is 0 Å². The highest BCUT2D eigenvalue weighted by atomic mass is 16.4. The summed E-state index contributed by atoms with van der Waals surface area (Å²) >= 11 is 0. The molecule has 5 nitrogen and oxygen atoms in total. The number of piperazine rings is 1. The van der Waals surface area contributed by atoms with Crippen molar-refractivity contribution in [3.8, 4) is 0 Å². The van der Waals surface area contributed by atoms with Crippen molar-refractivity contribution in [1.29, 1.82) is 0 Å². The number of para-hydroxylation sites is 2. The third-order valence-corrected chi connectivity index (χ3v) is 4.04. The lowest BCUT2D eigenvalue weighted by molar-refractivity contribution is 0.243. The normalized spacial score (nSPS) is 16.3. The van der Waals surface area contributed by atoms with Gasteiger partial charge in [0.05, 0.1) is 5.69 Å². The second-order valence-corrected chi connectivity index (χ2v) is 5.55. The van der Waals surface area contributed by atoms with E-state index in [9.17, 15) is 0 Å². The molecular formula is C17H18N4O. The zero-order valence-corrected chi connectivity index (χ0v) is 12.4. The number of hydrogen-bond donors (Lipinski definition) is 0. The predicted molar refractivity (Wildman–Crippen MR) is 85.7 cm³/mol. The van der Waals surface area contributed by atoms with Gasteiger partial charge in [0, 0.05) is 38.9 Å². The summed E-state index contributed by atoms with van der Waals surface area (Å²) in [7, 11) is 0. The van der Waals surface area contributed by atoms with Gasteiger partial charge in [-0.3, -0.25) is 9.88 Å². The lowest BCUT2D eigenvalue weighted by atomic mass is 10.3. The summed E-state index contributed by atoms with van der Waals surface area (Å²) < 4.78 is 5.84. The molecule has 4 rings (SSSR count). The Hall–Kier alpha value is -2.40. The van der Waals surface area contributed by atoms with Crippen molar-refractivity contribution in [3.05, 3.63) is 54.4 Å². The molecule has 112 valence electrons. The lowest BCUT2D eigenvalue weighted by Gasteiger charge is -2.33. The Kier molecular flexibility index (Phi) is 3.48. The molecule has 1 aliphatic rings. The topological polar surface area (TPSA) is 45.4 Å². The highest BCUT2D eigenvalue weighted by Crippen LogP contribution is 2.22. The highest BCUT2D eigenvalue weighted by molar-refractivity contribution is 5.74. The second-order valence-electron chi connectivity index (χ2n) is 5.55. The van der Waals surface area contributed by atoms with Crippen LogP contribution in [0, 0.1) is 0 Å². The fraction of sp³-hybridized carbons (Fsp3) is 0.294. The van der Waals surface area contributed by atoms with E-state index >= 15 is 0 Å². The first-order valence-corrected chi connectivity index (χ1v) is 7.61. The molecule has 2 aromatic heterocycles. The van der Waals surface area contributed by atoms with Crippen molar-refractivity contribution in [3.63, 3.8) is 0 Å². The predicted octanol–water partition coefficient (Wildman–Crippen LogP) is 2.55. The summed E-state index contributed by atoms with van der Waals surface area (Å²) in [6.07, 6.45) is 1.85. The van der Waals surface area contributed by atoms with Gasteiger partial charge in [-0.25, -0.2) is 0 Å². The van der Waals surface area contributed by atoms with Crippen molar-refractivity contribution in [1.82, 2.24) is 14.9 Å². The Morgan fingerprint density at radius 3 is 2.55 bits per heavy atom. The number of nitrogens with zero attached hydrogens (tertiary/aromatic N) is 4. The summed E-state index contributed by atoms with van der Waals surface area (Å²) in [6, 6.07) is 14.7. The van der Waals surface area contributed by atoms with Gasteiger partial charge in [0.25, 0.3) is 6.01 Å². The molecule has 1 aromatic carbocycles. The first-order chi connectivity index (χ1) is 10.9. The number of rotatable bonds is 3. The molecule has 1 fully saturated rings. The molecule has 0 bridgehead atoms. The Morgan fingerprint density at radius 1 is 0.955 bits per heavy atom. The maximum absolute atomic E-state index is 5.84.